The van der Waals surface area contributed by atoms with Crippen molar-refractivity contribution in [2.45, 2.75) is 12.8 Å². The van der Waals surface area contributed by atoms with Gasteiger partial charge in [0.25, 0.3) is 0 Å². The van der Waals surface area contributed by atoms with E-state index in [2.05, 4.69) is 15.9 Å². The molecule has 0 saturated carbocycles. The SMILES string of the molecule is COc1ccccc1OCCCN(C)C(=O)CCBr. The molecule has 0 radical (unpaired) electrons. The number of nitrogens with zero attached hydrogens (tertiary/aromatic N) is 1. The number of hydrogen-bond donors (Lipinski definition) is 0. The Hall–Kier alpha value is -1.23. The van der Waals surface area contributed by atoms with Crippen molar-refractivity contribution < 1.29 is 14.3 Å². The highest BCUT2D eigenvalue weighted by Crippen LogP contribution is 2.25. The van der Waals surface area contributed by atoms with Crippen LogP contribution in [0.5, 0.6) is 11.5 Å². The van der Waals surface area contributed by atoms with Crippen molar-refractivity contribution in [1.29, 1.82) is 0 Å². The molecule has 5 heteroatoms. The summed E-state index contributed by atoms with van der Waals surface area (Å²) in [5.41, 5.74) is 0. The van der Waals surface area contributed by atoms with Crippen LogP contribution < -0.4 is 9.47 Å². The fourth-order valence-corrected chi connectivity index (χ4v) is 1.96. The first-order valence-electron chi connectivity index (χ1n) is 6.24. The summed E-state index contributed by atoms with van der Waals surface area (Å²) in [6, 6.07) is 7.54. The first-order chi connectivity index (χ1) is 9.19. The van der Waals surface area contributed by atoms with E-state index in [1.54, 1.807) is 12.0 Å². The lowest BCUT2D eigenvalue weighted by atomic mass is 10.3. The topological polar surface area (TPSA) is 38.8 Å². The molecular weight excluding hydrogens is 310 g/mol. The largest absolute Gasteiger partial charge is 0.493 e. The van der Waals surface area contributed by atoms with E-state index in [1.165, 1.54) is 0 Å². The molecule has 0 aliphatic heterocycles. The quantitative estimate of drug-likeness (QED) is 0.543. The number of amides is 1. The van der Waals surface area contributed by atoms with Gasteiger partial charge in [0.15, 0.2) is 11.5 Å². The molecule has 1 aromatic carbocycles. The van der Waals surface area contributed by atoms with Gasteiger partial charge in [0.1, 0.15) is 0 Å². The predicted octanol–water partition coefficient (Wildman–Crippen LogP) is 2.71. The normalized spacial score (nSPS) is 10.1. The highest BCUT2D eigenvalue weighted by molar-refractivity contribution is 9.09. The molecule has 0 atom stereocenters. The average Bonchev–Trinajstić information content (AvgIpc) is 2.44. The van der Waals surface area contributed by atoms with Crippen LogP contribution in [0.15, 0.2) is 24.3 Å². The lowest BCUT2D eigenvalue weighted by molar-refractivity contribution is -0.129. The molecule has 0 bridgehead atoms. The second-order valence-electron chi connectivity index (χ2n) is 4.11. The number of para-hydroxylation sites is 2. The minimum atomic E-state index is 0.147. The van der Waals surface area contributed by atoms with Gasteiger partial charge < -0.3 is 14.4 Å². The molecule has 0 saturated heterocycles. The van der Waals surface area contributed by atoms with E-state index in [4.69, 9.17) is 9.47 Å². The van der Waals surface area contributed by atoms with Gasteiger partial charge >= 0.3 is 0 Å². The fraction of sp³-hybridized carbons (Fsp3) is 0.500. The molecule has 0 unspecified atom stereocenters. The van der Waals surface area contributed by atoms with Crippen molar-refractivity contribution in [2.24, 2.45) is 0 Å². The number of rotatable bonds is 8. The maximum absolute atomic E-state index is 11.5. The third kappa shape index (κ3) is 5.51. The van der Waals surface area contributed by atoms with E-state index in [9.17, 15) is 4.79 Å². The van der Waals surface area contributed by atoms with Gasteiger partial charge in [-0.05, 0) is 18.6 Å². The molecule has 106 valence electrons. The van der Waals surface area contributed by atoms with Crippen LogP contribution in [0.2, 0.25) is 0 Å². The third-order valence-corrected chi connectivity index (χ3v) is 3.10. The van der Waals surface area contributed by atoms with Gasteiger partial charge in [0.2, 0.25) is 5.91 Å². The van der Waals surface area contributed by atoms with Gasteiger partial charge in [0.05, 0.1) is 13.7 Å². The summed E-state index contributed by atoms with van der Waals surface area (Å²) >= 11 is 3.26. The minimum Gasteiger partial charge on any atom is -0.493 e. The van der Waals surface area contributed by atoms with Crippen LogP contribution in [0, 0.1) is 0 Å². The van der Waals surface area contributed by atoms with Crippen LogP contribution in [-0.4, -0.2) is 43.4 Å². The lowest BCUT2D eigenvalue weighted by Crippen LogP contribution is -2.28. The zero-order valence-corrected chi connectivity index (χ0v) is 13.0. The first-order valence-corrected chi connectivity index (χ1v) is 7.37. The Kier molecular flexibility index (Phi) is 7.33. The Balaban J connectivity index is 2.29. The number of carbonyl (C=O) groups is 1. The van der Waals surface area contributed by atoms with Crippen LogP contribution >= 0.6 is 15.9 Å². The zero-order valence-electron chi connectivity index (χ0n) is 11.4. The Morgan fingerprint density at radius 1 is 1.32 bits per heavy atom. The van der Waals surface area contributed by atoms with Gasteiger partial charge in [-0.2, -0.15) is 0 Å². The molecular formula is C14H20BrNO3. The summed E-state index contributed by atoms with van der Waals surface area (Å²) in [4.78, 5) is 13.3. The summed E-state index contributed by atoms with van der Waals surface area (Å²) < 4.78 is 10.8. The van der Waals surface area contributed by atoms with E-state index >= 15 is 0 Å². The third-order valence-electron chi connectivity index (χ3n) is 2.70. The highest BCUT2D eigenvalue weighted by Gasteiger charge is 2.07. The predicted molar refractivity (Wildman–Crippen MR) is 79.2 cm³/mol. The Morgan fingerprint density at radius 2 is 2.00 bits per heavy atom. The Bertz CT molecular complexity index is 398. The van der Waals surface area contributed by atoms with Crippen LogP contribution in [0.1, 0.15) is 12.8 Å². The second kappa shape index (κ2) is 8.80. The van der Waals surface area contributed by atoms with Gasteiger partial charge in [-0.1, -0.05) is 28.1 Å². The summed E-state index contributed by atoms with van der Waals surface area (Å²) in [5.74, 6) is 1.61. The Morgan fingerprint density at radius 3 is 2.63 bits per heavy atom. The van der Waals surface area contributed by atoms with Crippen LogP contribution in [0.3, 0.4) is 0 Å². The molecule has 19 heavy (non-hydrogen) atoms. The zero-order chi connectivity index (χ0) is 14.1. The average molecular weight is 330 g/mol. The summed E-state index contributed by atoms with van der Waals surface area (Å²) in [6.45, 7) is 1.26. The molecule has 1 rings (SSSR count). The molecule has 0 fully saturated rings. The van der Waals surface area contributed by atoms with Crippen LogP contribution in [0.25, 0.3) is 0 Å². The lowest BCUT2D eigenvalue weighted by Gasteiger charge is -2.17. The van der Waals surface area contributed by atoms with Gasteiger partial charge in [-0.3, -0.25) is 4.79 Å². The Labute approximate surface area is 122 Å². The maximum atomic E-state index is 11.5. The monoisotopic (exact) mass is 329 g/mol. The van der Waals surface area contributed by atoms with E-state index in [1.807, 2.05) is 31.3 Å². The van der Waals surface area contributed by atoms with E-state index < -0.39 is 0 Å². The van der Waals surface area contributed by atoms with Crippen molar-refractivity contribution >= 4 is 21.8 Å². The first kappa shape index (κ1) is 15.8. The second-order valence-corrected chi connectivity index (χ2v) is 4.90. The standard InChI is InChI=1S/C14H20BrNO3/c1-16(14(17)8-9-15)10-5-11-19-13-7-4-3-6-12(13)18-2/h3-4,6-7H,5,8-11H2,1-2H3. The van der Waals surface area contributed by atoms with Crippen molar-refractivity contribution in [3.8, 4) is 11.5 Å². The van der Waals surface area contributed by atoms with Gasteiger partial charge in [0, 0.05) is 25.3 Å². The van der Waals surface area contributed by atoms with E-state index in [-0.39, 0.29) is 5.91 Å². The maximum Gasteiger partial charge on any atom is 0.223 e. The molecule has 0 aliphatic carbocycles. The summed E-state index contributed by atoms with van der Waals surface area (Å²) in [6.07, 6.45) is 1.33. The number of methoxy groups -OCH3 is 1. The number of halogens is 1. The molecule has 0 heterocycles. The molecule has 1 amide bonds. The molecule has 4 nitrogen and oxygen atoms in total. The molecule has 0 spiro atoms. The van der Waals surface area contributed by atoms with Gasteiger partial charge in [-0.25, -0.2) is 0 Å². The van der Waals surface area contributed by atoms with Crippen LogP contribution in [0.4, 0.5) is 0 Å². The van der Waals surface area contributed by atoms with E-state index in [0.717, 1.165) is 17.9 Å². The summed E-state index contributed by atoms with van der Waals surface area (Å²) in [5, 5.41) is 0.702. The molecule has 0 aromatic heterocycles. The van der Waals surface area contributed by atoms with Crippen molar-refractivity contribution in [1.82, 2.24) is 4.90 Å². The fourth-order valence-electron chi connectivity index (χ4n) is 1.62. The number of ether oxygens (including phenoxy) is 2. The number of alkyl halides is 1. The number of carbonyl (C=O) groups excluding carboxylic acids is 1. The smallest absolute Gasteiger partial charge is 0.223 e. The number of hydrogen-bond acceptors (Lipinski definition) is 3. The van der Waals surface area contributed by atoms with Crippen molar-refractivity contribution in [3.63, 3.8) is 0 Å². The highest BCUT2D eigenvalue weighted by atomic mass is 79.9. The molecule has 0 aliphatic rings. The van der Waals surface area contributed by atoms with Crippen molar-refractivity contribution in [2.75, 3.05) is 32.6 Å². The molecule has 1 aromatic rings. The van der Waals surface area contributed by atoms with Crippen molar-refractivity contribution in [3.05, 3.63) is 24.3 Å². The van der Waals surface area contributed by atoms with E-state index in [0.29, 0.717) is 24.9 Å². The minimum absolute atomic E-state index is 0.147. The van der Waals surface area contributed by atoms with Crippen LogP contribution in [-0.2, 0) is 4.79 Å². The molecule has 0 N–H and O–H groups in total. The number of benzene rings is 1. The summed E-state index contributed by atoms with van der Waals surface area (Å²) in [7, 11) is 3.43. The van der Waals surface area contributed by atoms with Gasteiger partial charge in [-0.15, -0.1) is 0 Å².